The van der Waals surface area contributed by atoms with Crippen LogP contribution in [0.2, 0.25) is 0 Å². The molecule has 0 heterocycles. The lowest BCUT2D eigenvalue weighted by molar-refractivity contribution is 0.265. The molecule has 102 valence electrons. The minimum Gasteiger partial charge on any atom is -0.0620 e. The van der Waals surface area contributed by atoms with Crippen molar-refractivity contribution in [1.82, 2.24) is 0 Å². The van der Waals surface area contributed by atoms with Crippen molar-refractivity contribution in [3.63, 3.8) is 0 Å². The summed E-state index contributed by atoms with van der Waals surface area (Å²) in [5, 5.41) is 0. The van der Waals surface area contributed by atoms with Gasteiger partial charge in [-0.05, 0) is 58.8 Å². The van der Waals surface area contributed by atoms with Gasteiger partial charge >= 0.3 is 0 Å². The van der Waals surface area contributed by atoms with E-state index in [4.69, 9.17) is 0 Å². The zero-order valence-electron chi connectivity index (χ0n) is 12.4. The summed E-state index contributed by atoms with van der Waals surface area (Å²) in [6.07, 6.45) is 3.77. The molecule has 0 bridgehead atoms. The van der Waals surface area contributed by atoms with Crippen molar-refractivity contribution in [3.05, 3.63) is 70.8 Å². The molecule has 0 spiro atoms. The van der Waals surface area contributed by atoms with Gasteiger partial charge in [0.15, 0.2) is 0 Å². The Morgan fingerprint density at radius 1 is 0.850 bits per heavy atom. The highest BCUT2D eigenvalue weighted by Gasteiger charge is 2.44. The Balaban J connectivity index is 1.84. The average molecular weight is 262 g/mol. The quantitative estimate of drug-likeness (QED) is 0.621. The fourth-order valence-corrected chi connectivity index (χ4v) is 4.66. The lowest BCUT2D eigenvalue weighted by Crippen LogP contribution is -2.24. The van der Waals surface area contributed by atoms with Crippen molar-refractivity contribution in [2.45, 2.75) is 44.9 Å². The molecule has 0 N–H and O–H groups in total. The molecule has 0 amide bonds. The van der Waals surface area contributed by atoms with E-state index in [2.05, 4.69) is 62.4 Å². The second kappa shape index (κ2) is 4.22. The van der Waals surface area contributed by atoms with Crippen LogP contribution < -0.4 is 0 Å². The molecule has 2 aromatic carbocycles. The molecule has 0 fully saturated rings. The Morgan fingerprint density at radius 2 is 1.40 bits per heavy atom. The predicted octanol–water partition coefficient (Wildman–Crippen LogP) is 5.08. The van der Waals surface area contributed by atoms with E-state index in [-0.39, 0.29) is 0 Å². The highest BCUT2D eigenvalue weighted by Crippen LogP contribution is 2.55. The van der Waals surface area contributed by atoms with Gasteiger partial charge in [-0.1, -0.05) is 62.4 Å². The Bertz CT molecular complexity index is 655. The van der Waals surface area contributed by atoms with Crippen LogP contribution in [-0.4, -0.2) is 0 Å². The Morgan fingerprint density at radius 3 is 2.10 bits per heavy atom. The third-order valence-corrected chi connectivity index (χ3v) is 5.64. The Labute approximate surface area is 121 Å². The minimum absolute atomic E-state index is 0.407. The van der Waals surface area contributed by atoms with E-state index in [0.29, 0.717) is 11.3 Å². The monoisotopic (exact) mass is 262 g/mol. The van der Waals surface area contributed by atoms with Crippen molar-refractivity contribution in [3.8, 4) is 0 Å². The smallest absolute Gasteiger partial charge is 0.00932 e. The molecular formula is C20H22. The molecule has 20 heavy (non-hydrogen) atoms. The van der Waals surface area contributed by atoms with Crippen molar-refractivity contribution >= 4 is 0 Å². The van der Waals surface area contributed by atoms with Crippen LogP contribution in [-0.2, 0) is 12.8 Å². The second-order valence-electron chi connectivity index (χ2n) is 7.09. The van der Waals surface area contributed by atoms with Gasteiger partial charge in [0.2, 0.25) is 0 Å². The summed E-state index contributed by atoms with van der Waals surface area (Å²) in [4.78, 5) is 0. The Kier molecular flexibility index (Phi) is 2.57. The van der Waals surface area contributed by atoms with E-state index in [1.54, 1.807) is 22.3 Å². The molecule has 4 rings (SSSR count). The molecule has 0 saturated carbocycles. The molecule has 3 unspecified atom stereocenters. The molecule has 2 aromatic rings. The van der Waals surface area contributed by atoms with Crippen LogP contribution in [0.4, 0.5) is 0 Å². The largest absolute Gasteiger partial charge is 0.0620 e. The summed E-state index contributed by atoms with van der Waals surface area (Å²) in [7, 11) is 0. The molecule has 0 radical (unpaired) electrons. The van der Waals surface area contributed by atoms with Crippen molar-refractivity contribution in [1.29, 1.82) is 0 Å². The molecule has 2 aliphatic rings. The molecular weight excluding hydrogens is 240 g/mol. The van der Waals surface area contributed by atoms with Gasteiger partial charge in [0.25, 0.3) is 0 Å². The van der Waals surface area contributed by atoms with Gasteiger partial charge in [-0.3, -0.25) is 0 Å². The number of rotatable bonds is 0. The first-order valence-corrected chi connectivity index (χ1v) is 7.83. The van der Waals surface area contributed by atoms with Crippen LogP contribution in [0.15, 0.2) is 48.5 Å². The molecule has 0 aliphatic heterocycles. The summed E-state index contributed by atoms with van der Waals surface area (Å²) in [6, 6.07) is 18.2. The molecule has 0 saturated heterocycles. The number of hydrogen-bond donors (Lipinski definition) is 0. The lowest BCUT2D eigenvalue weighted by Gasteiger charge is -2.31. The van der Waals surface area contributed by atoms with E-state index in [0.717, 1.165) is 5.92 Å². The lowest BCUT2D eigenvalue weighted by atomic mass is 9.73. The third kappa shape index (κ3) is 1.67. The molecule has 0 nitrogen and oxygen atoms in total. The summed E-state index contributed by atoms with van der Waals surface area (Å²) >= 11 is 0. The SMILES string of the molecule is CC1CC2c3ccccc3CC2(C)Cc2ccccc21. The van der Waals surface area contributed by atoms with Crippen LogP contribution in [0.25, 0.3) is 0 Å². The van der Waals surface area contributed by atoms with Gasteiger partial charge in [-0.15, -0.1) is 0 Å². The highest BCUT2D eigenvalue weighted by atomic mass is 14.5. The minimum atomic E-state index is 0.407. The first kappa shape index (κ1) is 12.2. The highest BCUT2D eigenvalue weighted by molar-refractivity contribution is 5.43. The van der Waals surface area contributed by atoms with Gasteiger partial charge in [0.05, 0.1) is 0 Å². The van der Waals surface area contributed by atoms with E-state index in [9.17, 15) is 0 Å². The number of benzene rings is 2. The molecule has 3 atom stereocenters. The van der Waals surface area contributed by atoms with Crippen LogP contribution in [0.5, 0.6) is 0 Å². The van der Waals surface area contributed by atoms with E-state index in [1.165, 1.54) is 19.3 Å². The third-order valence-electron chi connectivity index (χ3n) is 5.64. The summed E-state index contributed by atoms with van der Waals surface area (Å²) < 4.78 is 0. The molecule has 0 heteroatoms. The van der Waals surface area contributed by atoms with Gasteiger partial charge < -0.3 is 0 Å². The van der Waals surface area contributed by atoms with Crippen LogP contribution in [0.1, 0.15) is 54.4 Å². The van der Waals surface area contributed by atoms with Crippen molar-refractivity contribution in [2.24, 2.45) is 5.41 Å². The first-order chi connectivity index (χ1) is 9.67. The average Bonchev–Trinajstić information content (AvgIpc) is 2.65. The van der Waals surface area contributed by atoms with Gasteiger partial charge in [0, 0.05) is 0 Å². The van der Waals surface area contributed by atoms with Crippen LogP contribution in [0.3, 0.4) is 0 Å². The van der Waals surface area contributed by atoms with E-state index < -0.39 is 0 Å². The topological polar surface area (TPSA) is 0 Å². The fraction of sp³-hybridized carbons (Fsp3) is 0.400. The summed E-state index contributed by atoms with van der Waals surface area (Å²) in [5.41, 5.74) is 6.78. The van der Waals surface area contributed by atoms with Crippen LogP contribution >= 0.6 is 0 Å². The van der Waals surface area contributed by atoms with Crippen molar-refractivity contribution in [2.75, 3.05) is 0 Å². The van der Waals surface area contributed by atoms with Gasteiger partial charge in [0.1, 0.15) is 0 Å². The zero-order chi connectivity index (χ0) is 13.7. The zero-order valence-corrected chi connectivity index (χ0v) is 12.4. The number of fused-ring (bicyclic) bond motifs is 4. The normalized spacial score (nSPS) is 31.1. The van der Waals surface area contributed by atoms with Crippen LogP contribution in [0, 0.1) is 5.41 Å². The van der Waals surface area contributed by atoms with Crippen molar-refractivity contribution < 1.29 is 0 Å². The first-order valence-electron chi connectivity index (χ1n) is 7.83. The van der Waals surface area contributed by atoms with E-state index >= 15 is 0 Å². The molecule has 0 aromatic heterocycles. The maximum atomic E-state index is 2.51. The summed E-state index contributed by atoms with van der Waals surface area (Å²) in [5.74, 6) is 1.39. The standard InChI is InChI=1S/C20H22/c1-14-11-19-18-10-6-4-8-16(18)13-20(19,2)12-15-7-3-5-9-17(14)15/h3-10,14,19H,11-13H2,1-2H3. The predicted molar refractivity (Wildman–Crippen MR) is 84.2 cm³/mol. The Hall–Kier alpha value is -1.56. The van der Waals surface area contributed by atoms with Gasteiger partial charge in [-0.2, -0.15) is 0 Å². The van der Waals surface area contributed by atoms with E-state index in [1.807, 2.05) is 0 Å². The number of hydrogen-bond acceptors (Lipinski definition) is 0. The molecule has 2 aliphatic carbocycles. The maximum absolute atomic E-state index is 2.51. The second-order valence-corrected chi connectivity index (χ2v) is 7.09. The summed E-state index contributed by atoms with van der Waals surface area (Å²) in [6.45, 7) is 4.91. The van der Waals surface area contributed by atoms with Gasteiger partial charge in [-0.25, -0.2) is 0 Å². The fourth-order valence-electron chi connectivity index (χ4n) is 4.66. The maximum Gasteiger partial charge on any atom is -0.00932 e.